The number of nitrogen functional groups attached to an aromatic ring is 1. The Morgan fingerprint density at radius 1 is 1.11 bits per heavy atom. The Labute approximate surface area is 118 Å². The van der Waals surface area contributed by atoms with Crippen LogP contribution in [-0.4, -0.2) is 9.55 Å². The molecule has 0 atom stereocenters. The third kappa shape index (κ3) is 1.93. The number of benzene rings is 2. The number of anilines is 1. The van der Waals surface area contributed by atoms with E-state index in [0.29, 0.717) is 26.8 Å². The Balaban J connectivity index is 2.38. The molecule has 0 spiro atoms. The summed E-state index contributed by atoms with van der Waals surface area (Å²) in [7, 11) is 0. The molecule has 2 aromatic carbocycles. The molecule has 6 heteroatoms. The summed E-state index contributed by atoms with van der Waals surface area (Å²) < 4.78 is 15.4. The van der Waals surface area contributed by atoms with E-state index < -0.39 is 0 Å². The minimum absolute atomic E-state index is 0.179. The van der Waals surface area contributed by atoms with E-state index in [1.54, 1.807) is 30.3 Å². The topological polar surface area (TPSA) is 43.8 Å². The molecule has 0 fully saturated rings. The fraction of sp³-hybridized carbons (Fsp3) is 0. The lowest BCUT2D eigenvalue weighted by molar-refractivity contribution is 0.620. The summed E-state index contributed by atoms with van der Waals surface area (Å²) in [5.74, 6) is -0.210. The van der Waals surface area contributed by atoms with Crippen LogP contribution in [0.5, 0.6) is 0 Å². The van der Waals surface area contributed by atoms with Crippen molar-refractivity contribution in [1.82, 2.24) is 9.55 Å². The first-order valence-corrected chi connectivity index (χ1v) is 6.21. The summed E-state index contributed by atoms with van der Waals surface area (Å²) in [5.41, 5.74) is 7.35. The van der Waals surface area contributed by atoms with Crippen LogP contribution in [0.1, 0.15) is 0 Å². The molecule has 0 amide bonds. The lowest BCUT2D eigenvalue weighted by Gasteiger charge is -2.07. The van der Waals surface area contributed by atoms with Gasteiger partial charge < -0.3 is 5.73 Å². The van der Waals surface area contributed by atoms with E-state index in [4.69, 9.17) is 28.9 Å². The van der Waals surface area contributed by atoms with Crippen molar-refractivity contribution in [3.8, 4) is 5.69 Å². The Hall–Kier alpha value is -1.78. The standard InChI is InChI=1S/C13H8Cl2FN3/c14-7-5-10-12(6-8(7)15)19(13(17)18-10)11-4-2-1-3-9(11)16/h1-6H,(H2,17,18). The van der Waals surface area contributed by atoms with Crippen molar-refractivity contribution in [3.05, 3.63) is 52.3 Å². The van der Waals surface area contributed by atoms with Crippen LogP contribution in [0.4, 0.5) is 10.3 Å². The third-order valence-electron chi connectivity index (χ3n) is 2.82. The average Bonchev–Trinajstić information content (AvgIpc) is 2.66. The largest absolute Gasteiger partial charge is 0.369 e. The van der Waals surface area contributed by atoms with E-state index in [2.05, 4.69) is 4.98 Å². The number of para-hydroxylation sites is 1. The molecule has 0 radical (unpaired) electrons. The molecule has 3 nitrogen and oxygen atoms in total. The summed E-state index contributed by atoms with van der Waals surface area (Å²) in [4.78, 5) is 4.16. The average molecular weight is 296 g/mol. The zero-order chi connectivity index (χ0) is 13.6. The number of aromatic nitrogens is 2. The smallest absolute Gasteiger partial charge is 0.206 e. The molecule has 0 aliphatic carbocycles. The molecule has 1 heterocycles. The van der Waals surface area contributed by atoms with Crippen LogP contribution in [0.15, 0.2) is 36.4 Å². The highest BCUT2D eigenvalue weighted by atomic mass is 35.5. The highest BCUT2D eigenvalue weighted by Crippen LogP contribution is 2.31. The molecular weight excluding hydrogens is 288 g/mol. The second kappa shape index (κ2) is 4.40. The maximum atomic E-state index is 13.9. The number of rotatable bonds is 1. The molecule has 2 N–H and O–H groups in total. The first-order valence-electron chi connectivity index (χ1n) is 5.46. The number of nitrogens with zero attached hydrogens (tertiary/aromatic N) is 2. The third-order valence-corrected chi connectivity index (χ3v) is 3.54. The van der Waals surface area contributed by atoms with E-state index in [-0.39, 0.29) is 11.8 Å². The molecule has 0 saturated heterocycles. The van der Waals surface area contributed by atoms with Gasteiger partial charge in [-0.25, -0.2) is 9.37 Å². The van der Waals surface area contributed by atoms with Gasteiger partial charge in [0.25, 0.3) is 0 Å². The lowest BCUT2D eigenvalue weighted by Crippen LogP contribution is -2.02. The Morgan fingerprint density at radius 3 is 2.53 bits per heavy atom. The van der Waals surface area contributed by atoms with Crippen LogP contribution in [0.25, 0.3) is 16.7 Å². The Kier molecular flexibility index (Phi) is 2.84. The van der Waals surface area contributed by atoms with E-state index in [1.165, 1.54) is 10.6 Å². The van der Waals surface area contributed by atoms with Gasteiger partial charge in [-0.2, -0.15) is 0 Å². The van der Waals surface area contributed by atoms with Gasteiger partial charge in [-0.1, -0.05) is 35.3 Å². The molecule has 0 saturated carbocycles. The Morgan fingerprint density at radius 2 is 1.79 bits per heavy atom. The number of halogens is 3. The number of fused-ring (bicyclic) bond motifs is 1. The summed E-state index contributed by atoms with van der Waals surface area (Å²) in [6.07, 6.45) is 0. The SMILES string of the molecule is Nc1nc2cc(Cl)c(Cl)cc2n1-c1ccccc1F. The van der Waals surface area contributed by atoms with Crippen LogP contribution in [0.3, 0.4) is 0 Å². The second-order valence-corrected chi connectivity index (χ2v) is 4.83. The van der Waals surface area contributed by atoms with Gasteiger partial charge in [-0.3, -0.25) is 4.57 Å². The van der Waals surface area contributed by atoms with E-state index in [0.717, 1.165) is 0 Å². The fourth-order valence-electron chi connectivity index (χ4n) is 1.98. The Bertz CT molecular complexity index is 783. The molecule has 0 unspecified atom stereocenters. The predicted octanol–water partition coefficient (Wildman–Crippen LogP) is 4.05. The first kappa shape index (κ1) is 12.3. The van der Waals surface area contributed by atoms with E-state index >= 15 is 0 Å². The van der Waals surface area contributed by atoms with Gasteiger partial charge in [0.05, 0.1) is 26.8 Å². The maximum absolute atomic E-state index is 13.9. The van der Waals surface area contributed by atoms with Gasteiger partial charge in [0.15, 0.2) is 0 Å². The van der Waals surface area contributed by atoms with Crippen molar-refractivity contribution >= 4 is 40.2 Å². The van der Waals surface area contributed by atoms with Crippen molar-refractivity contribution in [2.75, 3.05) is 5.73 Å². The van der Waals surface area contributed by atoms with Crippen LogP contribution in [0, 0.1) is 5.82 Å². The molecule has 0 aliphatic heterocycles. The minimum Gasteiger partial charge on any atom is -0.369 e. The highest BCUT2D eigenvalue weighted by molar-refractivity contribution is 6.42. The van der Waals surface area contributed by atoms with Crippen LogP contribution in [0.2, 0.25) is 10.0 Å². The fourth-order valence-corrected chi connectivity index (χ4v) is 2.29. The normalized spacial score (nSPS) is 11.1. The zero-order valence-electron chi connectivity index (χ0n) is 9.57. The van der Waals surface area contributed by atoms with Crippen LogP contribution < -0.4 is 5.73 Å². The molecule has 0 bridgehead atoms. The number of nitrogens with two attached hydrogens (primary N) is 1. The molecule has 0 aliphatic rings. The number of hydrogen-bond donors (Lipinski definition) is 1. The quantitative estimate of drug-likeness (QED) is 0.736. The first-order chi connectivity index (χ1) is 9.08. The summed E-state index contributed by atoms with van der Waals surface area (Å²) >= 11 is 11.9. The molecule has 19 heavy (non-hydrogen) atoms. The summed E-state index contributed by atoms with van der Waals surface area (Å²) in [6.45, 7) is 0. The number of hydrogen-bond acceptors (Lipinski definition) is 2. The second-order valence-electron chi connectivity index (χ2n) is 4.01. The van der Waals surface area contributed by atoms with Crippen molar-refractivity contribution < 1.29 is 4.39 Å². The van der Waals surface area contributed by atoms with E-state index in [1.807, 2.05) is 0 Å². The van der Waals surface area contributed by atoms with Crippen molar-refractivity contribution in [1.29, 1.82) is 0 Å². The molecule has 1 aromatic heterocycles. The minimum atomic E-state index is -0.389. The zero-order valence-corrected chi connectivity index (χ0v) is 11.1. The van der Waals surface area contributed by atoms with Gasteiger partial charge in [0.2, 0.25) is 5.95 Å². The van der Waals surface area contributed by atoms with Gasteiger partial charge in [-0.15, -0.1) is 0 Å². The maximum Gasteiger partial charge on any atom is 0.206 e. The molecular formula is C13H8Cl2FN3. The van der Waals surface area contributed by atoms with Gasteiger partial charge >= 0.3 is 0 Å². The van der Waals surface area contributed by atoms with Gasteiger partial charge in [0.1, 0.15) is 5.82 Å². The monoisotopic (exact) mass is 295 g/mol. The highest BCUT2D eigenvalue weighted by Gasteiger charge is 2.14. The summed E-state index contributed by atoms with van der Waals surface area (Å²) in [5, 5.41) is 0.749. The van der Waals surface area contributed by atoms with Gasteiger partial charge in [-0.05, 0) is 24.3 Å². The lowest BCUT2D eigenvalue weighted by atomic mass is 10.2. The molecule has 3 rings (SSSR count). The van der Waals surface area contributed by atoms with Crippen LogP contribution >= 0.6 is 23.2 Å². The number of imidazole rings is 1. The van der Waals surface area contributed by atoms with Crippen molar-refractivity contribution in [2.45, 2.75) is 0 Å². The van der Waals surface area contributed by atoms with E-state index in [9.17, 15) is 4.39 Å². The summed E-state index contributed by atoms with van der Waals surface area (Å²) in [6, 6.07) is 9.54. The predicted molar refractivity (Wildman–Crippen MR) is 75.5 cm³/mol. The van der Waals surface area contributed by atoms with Crippen molar-refractivity contribution in [2.24, 2.45) is 0 Å². The van der Waals surface area contributed by atoms with Gasteiger partial charge in [0, 0.05) is 0 Å². The van der Waals surface area contributed by atoms with Crippen molar-refractivity contribution in [3.63, 3.8) is 0 Å². The molecule has 96 valence electrons. The molecule has 3 aromatic rings. The van der Waals surface area contributed by atoms with Crippen LogP contribution in [-0.2, 0) is 0 Å².